The molecule has 33 heavy (non-hydrogen) atoms. The van der Waals surface area contributed by atoms with Gasteiger partial charge in [0, 0.05) is 10.4 Å². The van der Waals surface area contributed by atoms with E-state index in [1.807, 2.05) is 60.8 Å². The van der Waals surface area contributed by atoms with Gasteiger partial charge in [0.05, 0.1) is 13.2 Å². The molecular formula is C27H30N2O3S. The summed E-state index contributed by atoms with van der Waals surface area (Å²) in [4.78, 5) is 27.1. The summed E-state index contributed by atoms with van der Waals surface area (Å²) in [5.41, 5.74) is 2.76. The number of benzene rings is 2. The second-order valence-corrected chi connectivity index (χ2v) is 9.30. The van der Waals surface area contributed by atoms with Crippen LogP contribution in [0.5, 0.6) is 5.75 Å². The molecule has 2 aromatic carbocycles. The van der Waals surface area contributed by atoms with Crippen LogP contribution in [0.25, 0.3) is 6.08 Å². The summed E-state index contributed by atoms with van der Waals surface area (Å²) in [6, 6.07) is 18.6. The molecule has 0 bridgehead atoms. The number of hydrogen-bond donors (Lipinski definition) is 2. The van der Waals surface area contributed by atoms with Gasteiger partial charge >= 0.3 is 0 Å². The number of ether oxygens (including phenoxy) is 1. The predicted octanol–water partition coefficient (Wildman–Crippen LogP) is 5.74. The second kappa shape index (κ2) is 11.5. The fourth-order valence-corrected chi connectivity index (χ4v) is 4.05. The summed E-state index contributed by atoms with van der Waals surface area (Å²) in [6.07, 6.45) is 2.48. The van der Waals surface area contributed by atoms with Crippen LogP contribution in [0.2, 0.25) is 0 Å². The van der Waals surface area contributed by atoms with E-state index in [9.17, 15) is 9.59 Å². The lowest BCUT2D eigenvalue weighted by molar-refractivity contribution is -0.118. The third-order valence-electron chi connectivity index (χ3n) is 5.17. The second-order valence-electron chi connectivity index (χ2n) is 8.32. The summed E-state index contributed by atoms with van der Waals surface area (Å²) >= 11 is 1.50. The van der Waals surface area contributed by atoms with Crippen LogP contribution in [-0.4, -0.2) is 18.9 Å². The van der Waals surface area contributed by atoms with Crippen molar-refractivity contribution in [2.24, 2.45) is 5.92 Å². The largest absolute Gasteiger partial charge is 0.497 e. The van der Waals surface area contributed by atoms with E-state index < -0.39 is 0 Å². The Kier molecular flexibility index (Phi) is 8.44. The van der Waals surface area contributed by atoms with Gasteiger partial charge in [-0.3, -0.25) is 9.59 Å². The van der Waals surface area contributed by atoms with Crippen molar-refractivity contribution in [3.8, 4) is 5.75 Å². The van der Waals surface area contributed by atoms with Crippen LogP contribution in [0, 0.1) is 12.8 Å². The molecule has 1 aromatic heterocycles. The molecular weight excluding hydrogens is 432 g/mol. The normalized spacial score (nSPS) is 12.3. The third kappa shape index (κ3) is 7.05. The van der Waals surface area contributed by atoms with Gasteiger partial charge in [-0.15, -0.1) is 11.3 Å². The van der Waals surface area contributed by atoms with Crippen LogP contribution in [0.1, 0.15) is 52.7 Å². The van der Waals surface area contributed by atoms with Crippen LogP contribution in [0.15, 0.2) is 71.7 Å². The molecule has 5 nitrogen and oxygen atoms in total. The Bertz CT molecular complexity index is 1090. The highest BCUT2D eigenvalue weighted by Gasteiger charge is 2.21. The average molecular weight is 463 g/mol. The predicted molar refractivity (Wildman–Crippen MR) is 134 cm³/mol. The van der Waals surface area contributed by atoms with Crippen molar-refractivity contribution < 1.29 is 14.3 Å². The number of nitrogens with one attached hydrogen (secondary N) is 2. The first kappa shape index (κ1) is 24.3. The number of carbonyl (C=O) groups is 2. The first-order valence-electron chi connectivity index (χ1n) is 10.9. The first-order valence-corrected chi connectivity index (χ1v) is 11.8. The number of thiophene rings is 1. The molecule has 0 radical (unpaired) electrons. The zero-order chi connectivity index (χ0) is 23.8. The molecule has 1 atom stereocenters. The fraction of sp³-hybridized carbons (Fsp3) is 0.259. The van der Waals surface area contributed by atoms with Crippen LogP contribution in [0.4, 0.5) is 0 Å². The monoisotopic (exact) mass is 462 g/mol. The highest BCUT2D eigenvalue weighted by molar-refractivity contribution is 7.10. The van der Waals surface area contributed by atoms with E-state index in [2.05, 4.69) is 24.5 Å². The molecule has 2 amide bonds. The molecule has 0 aliphatic heterocycles. The molecule has 3 aromatic rings. The number of aryl methyl sites for hydroxylation is 1. The Balaban J connectivity index is 1.85. The van der Waals surface area contributed by atoms with Crippen molar-refractivity contribution in [2.45, 2.75) is 33.2 Å². The molecule has 2 N–H and O–H groups in total. The Morgan fingerprint density at radius 2 is 1.73 bits per heavy atom. The maximum Gasteiger partial charge on any atom is 0.268 e. The minimum absolute atomic E-state index is 0.202. The summed E-state index contributed by atoms with van der Waals surface area (Å²) in [6.45, 7) is 6.19. The molecule has 0 spiro atoms. The third-order valence-corrected chi connectivity index (χ3v) is 5.99. The number of carbonyl (C=O) groups excluding carboxylic acids is 2. The van der Waals surface area contributed by atoms with Gasteiger partial charge < -0.3 is 15.4 Å². The van der Waals surface area contributed by atoms with E-state index >= 15 is 0 Å². The fourth-order valence-electron chi connectivity index (χ4n) is 3.40. The number of amides is 2. The van der Waals surface area contributed by atoms with Gasteiger partial charge in [0.15, 0.2) is 0 Å². The van der Waals surface area contributed by atoms with E-state index in [4.69, 9.17) is 4.74 Å². The van der Waals surface area contributed by atoms with E-state index in [-0.39, 0.29) is 23.6 Å². The summed E-state index contributed by atoms with van der Waals surface area (Å²) in [7, 11) is 1.63. The van der Waals surface area contributed by atoms with Crippen LogP contribution >= 0.6 is 11.3 Å². The van der Waals surface area contributed by atoms with E-state index in [0.717, 1.165) is 28.2 Å². The maximum atomic E-state index is 13.4. The van der Waals surface area contributed by atoms with E-state index in [1.165, 1.54) is 11.3 Å². The number of rotatable bonds is 9. The highest BCUT2D eigenvalue weighted by Crippen LogP contribution is 2.24. The molecule has 6 heteroatoms. The standard InChI is InChI=1S/C27H30N2O3S/c1-18(2)16-24(20-11-13-22(32-4)14-12-20)28-27(31)25(17-23-6-5-15-33-23)29-26(30)21-9-7-19(3)8-10-21/h5-15,17-18,24H,16H2,1-4H3,(H,28,31)(H,29,30)/b25-17-/t24-/m0/s1. The van der Waals surface area contributed by atoms with Gasteiger partial charge in [-0.1, -0.05) is 49.7 Å². The van der Waals surface area contributed by atoms with Crippen molar-refractivity contribution in [3.63, 3.8) is 0 Å². The molecule has 0 saturated heterocycles. The zero-order valence-electron chi connectivity index (χ0n) is 19.4. The topological polar surface area (TPSA) is 67.4 Å². The minimum Gasteiger partial charge on any atom is -0.497 e. The van der Waals surface area contributed by atoms with Gasteiger partial charge in [0.25, 0.3) is 11.8 Å². The first-order chi connectivity index (χ1) is 15.9. The van der Waals surface area contributed by atoms with Gasteiger partial charge in [0.2, 0.25) is 0 Å². The quantitative estimate of drug-likeness (QED) is 0.399. The molecule has 0 fully saturated rings. The summed E-state index contributed by atoms with van der Waals surface area (Å²) in [5, 5.41) is 7.87. The number of methoxy groups -OCH3 is 1. The van der Waals surface area contributed by atoms with Gasteiger partial charge in [-0.25, -0.2) is 0 Å². The summed E-state index contributed by atoms with van der Waals surface area (Å²) in [5.74, 6) is 0.476. The van der Waals surface area contributed by atoms with Crippen molar-refractivity contribution in [1.29, 1.82) is 0 Å². The van der Waals surface area contributed by atoms with Crippen LogP contribution in [0.3, 0.4) is 0 Å². The van der Waals surface area contributed by atoms with Crippen LogP contribution < -0.4 is 15.4 Å². The lowest BCUT2D eigenvalue weighted by Crippen LogP contribution is -2.37. The molecule has 0 aliphatic carbocycles. The Labute approximate surface area is 199 Å². The highest BCUT2D eigenvalue weighted by atomic mass is 32.1. The lowest BCUT2D eigenvalue weighted by Gasteiger charge is -2.22. The van der Waals surface area contributed by atoms with Crippen LogP contribution in [-0.2, 0) is 4.79 Å². The molecule has 0 unspecified atom stereocenters. The van der Waals surface area contributed by atoms with E-state index in [1.54, 1.807) is 25.3 Å². The minimum atomic E-state index is -0.328. The molecule has 0 aliphatic rings. The van der Waals surface area contributed by atoms with Crippen molar-refractivity contribution in [3.05, 3.63) is 93.3 Å². The average Bonchev–Trinajstić information content (AvgIpc) is 3.31. The Morgan fingerprint density at radius 1 is 1.03 bits per heavy atom. The maximum absolute atomic E-state index is 13.4. The van der Waals surface area contributed by atoms with Crippen molar-refractivity contribution >= 4 is 29.2 Å². The smallest absolute Gasteiger partial charge is 0.268 e. The SMILES string of the molecule is COc1ccc([C@H](CC(C)C)NC(=O)/C(=C/c2cccs2)NC(=O)c2ccc(C)cc2)cc1. The van der Waals surface area contributed by atoms with Gasteiger partial charge in [-0.05, 0) is 66.6 Å². The van der Waals surface area contributed by atoms with Gasteiger partial charge in [-0.2, -0.15) is 0 Å². The van der Waals surface area contributed by atoms with Gasteiger partial charge in [0.1, 0.15) is 11.4 Å². The van der Waals surface area contributed by atoms with Crippen molar-refractivity contribution in [2.75, 3.05) is 7.11 Å². The molecule has 172 valence electrons. The molecule has 1 heterocycles. The molecule has 3 rings (SSSR count). The summed E-state index contributed by atoms with van der Waals surface area (Å²) < 4.78 is 5.26. The zero-order valence-corrected chi connectivity index (χ0v) is 20.2. The molecule has 0 saturated carbocycles. The lowest BCUT2D eigenvalue weighted by atomic mass is 9.96. The van der Waals surface area contributed by atoms with E-state index in [0.29, 0.717) is 11.5 Å². The Hall–Kier alpha value is -3.38. The number of hydrogen-bond acceptors (Lipinski definition) is 4. The Morgan fingerprint density at radius 3 is 2.30 bits per heavy atom. The van der Waals surface area contributed by atoms with Crippen molar-refractivity contribution in [1.82, 2.24) is 10.6 Å².